The number of esters is 1. The molecule has 0 fully saturated rings. The Bertz CT molecular complexity index is 898. The van der Waals surface area contributed by atoms with Crippen LogP contribution in [0, 0.1) is 0 Å². The molecule has 1 amide bonds. The van der Waals surface area contributed by atoms with Gasteiger partial charge in [-0.1, -0.05) is 18.2 Å². The summed E-state index contributed by atoms with van der Waals surface area (Å²) in [6.45, 7) is 1.90. The fourth-order valence-corrected chi connectivity index (χ4v) is 3.62. The highest BCUT2D eigenvalue weighted by Gasteiger charge is 2.50. The van der Waals surface area contributed by atoms with Crippen LogP contribution in [0.25, 0.3) is 0 Å². The summed E-state index contributed by atoms with van der Waals surface area (Å²) in [6.07, 6.45) is 1.11. The molecule has 7 heteroatoms. The number of amides is 1. The third-order valence-electron chi connectivity index (χ3n) is 5.03. The number of benzene rings is 2. The zero-order valence-corrected chi connectivity index (χ0v) is 16.8. The van der Waals surface area contributed by atoms with Crippen LogP contribution in [-0.2, 0) is 21.7 Å². The third-order valence-corrected chi connectivity index (χ3v) is 5.03. The standard InChI is InChI=1S/C22H25NO6/c1-4-29-21(25)22(26)17-14-19(28-3)18(27-2)13-16(17)11-8-12-23(22)20(24)15-9-6-5-7-10-15/h5-7,9-10,13-14,26H,4,8,11-12H2,1-3H3. The quantitative estimate of drug-likeness (QED) is 0.778. The Morgan fingerprint density at radius 3 is 2.38 bits per heavy atom. The number of hydrogen-bond donors (Lipinski definition) is 1. The van der Waals surface area contributed by atoms with Crippen LogP contribution in [0.5, 0.6) is 11.5 Å². The number of carbonyl (C=O) groups is 2. The molecule has 1 N–H and O–H groups in total. The maximum Gasteiger partial charge on any atom is 0.364 e. The second-order valence-corrected chi connectivity index (χ2v) is 6.68. The number of aliphatic hydroxyl groups is 1. The molecule has 3 rings (SSSR count). The SMILES string of the molecule is CCOC(=O)C1(O)c2cc(OC)c(OC)cc2CCCN1C(=O)c1ccccc1. The molecule has 1 aliphatic heterocycles. The van der Waals surface area contributed by atoms with Crippen LogP contribution in [0.2, 0.25) is 0 Å². The van der Waals surface area contributed by atoms with Crippen LogP contribution in [-0.4, -0.2) is 49.3 Å². The van der Waals surface area contributed by atoms with E-state index in [0.29, 0.717) is 35.5 Å². The molecule has 1 aliphatic rings. The second-order valence-electron chi connectivity index (χ2n) is 6.68. The van der Waals surface area contributed by atoms with Crippen LogP contribution in [0.1, 0.15) is 34.8 Å². The summed E-state index contributed by atoms with van der Waals surface area (Å²) in [5, 5.41) is 11.7. The Hall–Kier alpha value is -3.06. The van der Waals surface area contributed by atoms with Gasteiger partial charge < -0.3 is 19.3 Å². The predicted molar refractivity (Wildman–Crippen MR) is 106 cm³/mol. The fourth-order valence-electron chi connectivity index (χ4n) is 3.62. The van der Waals surface area contributed by atoms with Gasteiger partial charge >= 0.3 is 5.97 Å². The Morgan fingerprint density at radius 2 is 1.76 bits per heavy atom. The highest BCUT2D eigenvalue weighted by molar-refractivity contribution is 5.98. The molecular formula is C22H25NO6. The van der Waals surface area contributed by atoms with E-state index in [1.807, 2.05) is 0 Å². The van der Waals surface area contributed by atoms with Crippen LogP contribution < -0.4 is 9.47 Å². The maximum absolute atomic E-state index is 13.3. The van der Waals surface area contributed by atoms with Gasteiger partial charge in [-0.05, 0) is 49.6 Å². The van der Waals surface area contributed by atoms with Crippen LogP contribution in [0.15, 0.2) is 42.5 Å². The third kappa shape index (κ3) is 3.65. The summed E-state index contributed by atoms with van der Waals surface area (Å²) < 4.78 is 15.9. The number of carbonyl (C=O) groups excluding carboxylic acids is 2. The highest BCUT2D eigenvalue weighted by Crippen LogP contribution is 2.40. The van der Waals surface area contributed by atoms with Gasteiger partial charge in [0, 0.05) is 17.7 Å². The van der Waals surface area contributed by atoms with E-state index >= 15 is 0 Å². The van der Waals surface area contributed by atoms with E-state index in [0.717, 1.165) is 0 Å². The molecule has 1 unspecified atom stereocenters. The smallest absolute Gasteiger partial charge is 0.364 e. The lowest BCUT2D eigenvalue weighted by atomic mass is 9.93. The number of rotatable bonds is 5. The lowest BCUT2D eigenvalue weighted by Crippen LogP contribution is -2.55. The average Bonchev–Trinajstić information content (AvgIpc) is 2.90. The minimum Gasteiger partial charge on any atom is -0.493 e. The van der Waals surface area contributed by atoms with Crippen LogP contribution in [0.3, 0.4) is 0 Å². The number of methoxy groups -OCH3 is 2. The van der Waals surface area contributed by atoms with Crippen molar-refractivity contribution in [1.82, 2.24) is 4.90 Å². The number of fused-ring (bicyclic) bond motifs is 1. The first-order valence-electron chi connectivity index (χ1n) is 9.49. The molecule has 2 aromatic carbocycles. The molecular weight excluding hydrogens is 374 g/mol. The van der Waals surface area contributed by atoms with Crippen molar-refractivity contribution < 1.29 is 28.9 Å². The summed E-state index contributed by atoms with van der Waals surface area (Å²) in [4.78, 5) is 27.4. The minimum atomic E-state index is -2.28. The number of ether oxygens (including phenoxy) is 3. The van der Waals surface area contributed by atoms with Crippen molar-refractivity contribution in [3.63, 3.8) is 0 Å². The van der Waals surface area contributed by atoms with Crippen molar-refractivity contribution in [1.29, 1.82) is 0 Å². The molecule has 1 atom stereocenters. The van der Waals surface area contributed by atoms with Gasteiger partial charge in [0.1, 0.15) is 0 Å². The Morgan fingerprint density at radius 1 is 1.10 bits per heavy atom. The van der Waals surface area contributed by atoms with Gasteiger partial charge in [0.2, 0.25) is 0 Å². The predicted octanol–water partition coefficient (Wildman–Crippen LogP) is 2.50. The highest BCUT2D eigenvalue weighted by atomic mass is 16.6. The van der Waals surface area contributed by atoms with Gasteiger partial charge in [0.05, 0.1) is 20.8 Å². The molecule has 7 nitrogen and oxygen atoms in total. The Balaban J connectivity index is 2.20. The average molecular weight is 399 g/mol. The first kappa shape index (κ1) is 20.7. The van der Waals surface area contributed by atoms with Gasteiger partial charge in [0.15, 0.2) is 11.5 Å². The molecule has 0 aliphatic carbocycles. The van der Waals surface area contributed by atoms with Gasteiger partial charge in [-0.25, -0.2) is 4.79 Å². The molecule has 0 saturated heterocycles. The van der Waals surface area contributed by atoms with E-state index in [4.69, 9.17) is 14.2 Å². The van der Waals surface area contributed by atoms with Gasteiger partial charge in [-0.15, -0.1) is 0 Å². The van der Waals surface area contributed by atoms with Crippen molar-refractivity contribution in [3.8, 4) is 11.5 Å². The topological polar surface area (TPSA) is 85.3 Å². The fraction of sp³-hybridized carbons (Fsp3) is 0.364. The van der Waals surface area contributed by atoms with Crippen molar-refractivity contribution in [2.75, 3.05) is 27.4 Å². The maximum atomic E-state index is 13.3. The molecule has 29 heavy (non-hydrogen) atoms. The van der Waals surface area contributed by atoms with E-state index in [-0.39, 0.29) is 18.7 Å². The lowest BCUT2D eigenvalue weighted by Gasteiger charge is -2.37. The summed E-state index contributed by atoms with van der Waals surface area (Å²) in [7, 11) is 2.99. The van der Waals surface area contributed by atoms with E-state index in [9.17, 15) is 14.7 Å². The largest absolute Gasteiger partial charge is 0.493 e. The molecule has 0 radical (unpaired) electrons. The molecule has 0 saturated carbocycles. The van der Waals surface area contributed by atoms with E-state index in [1.165, 1.54) is 19.1 Å². The van der Waals surface area contributed by atoms with Crippen molar-refractivity contribution >= 4 is 11.9 Å². The van der Waals surface area contributed by atoms with Gasteiger partial charge in [-0.3, -0.25) is 9.69 Å². The summed E-state index contributed by atoms with van der Waals surface area (Å²) in [6, 6.07) is 11.8. The number of nitrogens with zero attached hydrogens (tertiary/aromatic N) is 1. The van der Waals surface area contributed by atoms with Crippen LogP contribution in [0.4, 0.5) is 0 Å². The monoisotopic (exact) mass is 399 g/mol. The minimum absolute atomic E-state index is 0.0666. The number of aryl methyl sites for hydroxylation is 1. The molecule has 0 aromatic heterocycles. The number of hydrogen-bond acceptors (Lipinski definition) is 6. The van der Waals surface area contributed by atoms with E-state index in [1.54, 1.807) is 49.4 Å². The zero-order chi connectivity index (χ0) is 21.0. The molecule has 0 bridgehead atoms. The second kappa shape index (κ2) is 8.53. The normalized spacial score (nSPS) is 18.4. The zero-order valence-electron chi connectivity index (χ0n) is 16.8. The molecule has 1 heterocycles. The van der Waals surface area contributed by atoms with Crippen molar-refractivity contribution in [3.05, 3.63) is 59.2 Å². The van der Waals surface area contributed by atoms with Crippen LogP contribution >= 0.6 is 0 Å². The van der Waals surface area contributed by atoms with E-state index in [2.05, 4.69) is 0 Å². The molecule has 154 valence electrons. The summed E-state index contributed by atoms with van der Waals surface area (Å²) in [5.74, 6) is -0.522. The van der Waals surface area contributed by atoms with Crippen molar-refractivity contribution in [2.45, 2.75) is 25.5 Å². The first-order valence-corrected chi connectivity index (χ1v) is 9.49. The molecule has 0 spiro atoms. The van der Waals surface area contributed by atoms with Crippen molar-refractivity contribution in [2.24, 2.45) is 0 Å². The summed E-state index contributed by atoms with van der Waals surface area (Å²) >= 11 is 0. The van der Waals surface area contributed by atoms with Gasteiger partial charge in [0.25, 0.3) is 11.6 Å². The summed E-state index contributed by atoms with van der Waals surface area (Å²) in [5.41, 5.74) is -0.954. The van der Waals surface area contributed by atoms with Gasteiger partial charge in [-0.2, -0.15) is 0 Å². The van der Waals surface area contributed by atoms with E-state index < -0.39 is 17.6 Å². The Kier molecular flexibility index (Phi) is 6.08. The Labute approximate surface area is 169 Å². The molecule has 2 aromatic rings. The lowest BCUT2D eigenvalue weighted by molar-refractivity contribution is -0.185. The first-order chi connectivity index (χ1) is 14.0.